The van der Waals surface area contributed by atoms with Crippen molar-refractivity contribution in [2.24, 2.45) is 0 Å². The zero-order chi connectivity index (χ0) is 9.42. The molecule has 0 saturated heterocycles. The number of tetrazole rings is 1. The number of hydrogen-bond donors (Lipinski definition) is 0. The summed E-state index contributed by atoms with van der Waals surface area (Å²) in [5, 5.41) is 11.7. The number of hydrogen-bond acceptors (Lipinski definition) is 4. The molecular weight excluding hydrogens is 186 g/mol. The van der Waals surface area contributed by atoms with E-state index in [1.807, 2.05) is 13.8 Å². The molecule has 0 aliphatic carbocycles. The van der Waals surface area contributed by atoms with E-state index >= 15 is 0 Å². The van der Waals surface area contributed by atoms with Crippen LogP contribution in [0.15, 0.2) is 5.03 Å². The Bertz CT molecular complexity index is 449. The number of nitrogens with zero attached hydrogens (tertiary/aromatic N) is 5. The molecule has 0 aliphatic rings. The molecule has 0 N–H and O–H groups in total. The highest BCUT2D eigenvalue weighted by Crippen LogP contribution is 2.16. The third-order valence-electron chi connectivity index (χ3n) is 1.96. The number of aryl methyl sites for hydroxylation is 1. The quantitative estimate of drug-likeness (QED) is 0.634. The Kier molecular flexibility index (Phi) is 1.84. The van der Waals surface area contributed by atoms with Crippen molar-refractivity contribution >= 4 is 18.4 Å². The molecule has 0 spiro atoms. The molecule has 6 heteroatoms. The molecule has 0 aliphatic heterocycles. The van der Waals surface area contributed by atoms with Crippen LogP contribution in [0, 0.1) is 6.92 Å². The lowest BCUT2D eigenvalue weighted by atomic mass is 10.2. The summed E-state index contributed by atoms with van der Waals surface area (Å²) in [6, 6.07) is 0. The predicted octanol–water partition coefficient (Wildman–Crippen LogP) is 0.947. The van der Waals surface area contributed by atoms with Gasteiger partial charge in [0.1, 0.15) is 5.03 Å². The molecule has 5 nitrogen and oxygen atoms in total. The Balaban J connectivity index is 2.85. The van der Waals surface area contributed by atoms with Gasteiger partial charge in [-0.15, -0.1) is 0 Å². The van der Waals surface area contributed by atoms with Crippen LogP contribution < -0.4 is 0 Å². The van der Waals surface area contributed by atoms with Gasteiger partial charge in [-0.3, -0.25) is 0 Å². The molecule has 0 amide bonds. The third kappa shape index (κ3) is 1.14. The monoisotopic (exact) mass is 194 g/mol. The highest BCUT2D eigenvalue weighted by molar-refractivity contribution is 7.80. The Morgan fingerprint density at radius 3 is 2.92 bits per heavy atom. The molecule has 0 unspecified atom stereocenters. The molecule has 67 valence electrons. The summed E-state index contributed by atoms with van der Waals surface area (Å²) in [6.45, 7) is 3.96. The first-order chi connectivity index (χ1) is 6.24. The van der Waals surface area contributed by atoms with Crippen LogP contribution in [-0.4, -0.2) is 25.0 Å². The average molecular weight is 194 g/mol. The lowest BCUT2D eigenvalue weighted by Crippen LogP contribution is -2.02. The van der Waals surface area contributed by atoms with Crippen LogP contribution in [0.2, 0.25) is 0 Å². The topological polar surface area (TPSA) is 56.0 Å². The van der Waals surface area contributed by atoms with Crippen molar-refractivity contribution in [1.29, 1.82) is 0 Å². The van der Waals surface area contributed by atoms with Crippen molar-refractivity contribution < 1.29 is 0 Å². The fourth-order valence-electron chi connectivity index (χ4n) is 1.29. The summed E-state index contributed by atoms with van der Waals surface area (Å²) in [6.07, 6.45) is 0.855. The second kappa shape index (κ2) is 2.88. The molecule has 0 aromatic carbocycles. The van der Waals surface area contributed by atoms with Crippen molar-refractivity contribution in [2.75, 3.05) is 0 Å². The molecular formula is C7H8N5S. The van der Waals surface area contributed by atoms with Gasteiger partial charge in [0.05, 0.1) is 0 Å². The predicted molar refractivity (Wildman–Crippen MR) is 48.5 cm³/mol. The van der Waals surface area contributed by atoms with Crippen LogP contribution in [0.4, 0.5) is 0 Å². The van der Waals surface area contributed by atoms with Crippen LogP contribution in [0.3, 0.4) is 0 Å². The molecule has 0 saturated carbocycles. The fourth-order valence-corrected chi connectivity index (χ4v) is 1.70. The summed E-state index contributed by atoms with van der Waals surface area (Å²) in [5.74, 6) is 0.472. The largest absolute Gasteiger partial charge is 0.274 e. The average Bonchev–Trinajstić information content (AvgIpc) is 2.53. The van der Waals surface area contributed by atoms with E-state index in [1.54, 1.807) is 0 Å². The standard InChI is InChI=1S/C7H8N5S/c1-3-5-4(2)8-7-9-10-11-12(7)6(5)13/h3H2,1-2H3. The molecule has 2 heterocycles. The van der Waals surface area contributed by atoms with Crippen molar-refractivity contribution in [3.05, 3.63) is 11.3 Å². The van der Waals surface area contributed by atoms with E-state index in [-0.39, 0.29) is 0 Å². The summed E-state index contributed by atoms with van der Waals surface area (Å²) in [7, 11) is 0. The van der Waals surface area contributed by atoms with Crippen LogP contribution >= 0.6 is 12.6 Å². The highest BCUT2D eigenvalue weighted by atomic mass is 32.1. The summed E-state index contributed by atoms with van der Waals surface area (Å²) in [4.78, 5) is 4.23. The minimum absolute atomic E-state index is 0.472. The maximum atomic E-state index is 5.21. The van der Waals surface area contributed by atoms with Gasteiger partial charge in [0.2, 0.25) is 0 Å². The number of fused-ring (bicyclic) bond motifs is 1. The Hall–Kier alpha value is -1.30. The summed E-state index contributed by atoms with van der Waals surface area (Å²) >= 11 is 5.21. The van der Waals surface area contributed by atoms with E-state index in [1.165, 1.54) is 4.52 Å². The van der Waals surface area contributed by atoms with E-state index in [0.29, 0.717) is 10.8 Å². The van der Waals surface area contributed by atoms with Gasteiger partial charge in [0.15, 0.2) is 0 Å². The van der Waals surface area contributed by atoms with Crippen LogP contribution in [0.1, 0.15) is 18.2 Å². The second-order valence-corrected chi connectivity index (χ2v) is 3.11. The molecule has 2 rings (SSSR count). The molecule has 2 aromatic heterocycles. The summed E-state index contributed by atoms with van der Waals surface area (Å²) < 4.78 is 1.49. The van der Waals surface area contributed by atoms with Crippen LogP contribution in [-0.2, 0) is 6.42 Å². The minimum atomic E-state index is 0.472. The molecule has 0 atom stereocenters. The number of aromatic nitrogens is 5. The van der Waals surface area contributed by atoms with E-state index in [4.69, 9.17) is 12.6 Å². The first-order valence-corrected chi connectivity index (χ1v) is 4.39. The maximum Gasteiger partial charge on any atom is 0.274 e. The van der Waals surface area contributed by atoms with Crippen molar-refractivity contribution in [3.8, 4) is 0 Å². The first kappa shape index (κ1) is 8.31. The van der Waals surface area contributed by atoms with Crippen LogP contribution in [0.25, 0.3) is 5.78 Å². The SMILES string of the molecule is CCc1c(C)nc2nnnn2c1[S]. The van der Waals surface area contributed by atoms with Gasteiger partial charge in [-0.2, -0.15) is 4.52 Å². The van der Waals surface area contributed by atoms with E-state index < -0.39 is 0 Å². The van der Waals surface area contributed by atoms with E-state index in [9.17, 15) is 0 Å². The lowest BCUT2D eigenvalue weighted by Gasteiger charge is -2.04. The first-order valence-electron chi connectivity index (χ1n) is 3.98. The minimum Gasteiger partial charge on any atom is -0.215 e. The molecule has 0 bridgehead atoms. The Labute approximate surface area is 80.6 Å². The van der Waals surface area contributed by atoms with Gasteiger partial charge in [-0.05, 0) is 23.8 Å². The van der Waals surface area contributed by atoms with Crippen LogP contribution in [0.5, 0.6) is 0 Å². The van der Waals surface area contributed by atoms with Crippen molar-refractivity contribution in [2.45, 2.75) is 25.3 Å². The Morgan fingerprint density at radius 2 is 2.23 bits per heavy atom. The zero-order valence-corrected chi connectivity index (χ0v) is 8.17. The third-order valence-corrected chi connectivity index (χ3v) is 2.38. The van der Waals surface area contributed by atoms with E-state index in [0.717, 1.165) is 17.7 Å². The maximum absolute atomic E-state index is 5.21. The van der Waals surface area contributed by atoms with Gasteiger partial charge >= 0.3 is 0 Å². The molecule has 0 fully saturated rings. The van der Waals surface area contributed by atoms with Gasteiger partial charge < -0.3 is 0 Å². The van der Waals surface area contributed by atoms with Gasteiger partial charge in [-0.1, -0.05) is 24.7 Å². The van der Waals surface area contributed by atoms with Gasteiger partial charge in [0.25, 0.3) is 5.78 Å². The van der Waals surface area contributed by atoms with Gasteiger partial charge in [-0.25, -0.2) is 4.98 Å². The number of rotatable bonds is 1. The molecule has 1 radical (unpaired) electrons. The normalized spacial score (nSPS) is 10.9. The van der Waals surface area contributed by atoms with Gasteiger partial charge in [0, 0.05) is 11.3 Å². The van der Waals surface area contributed by atoms with Crippen molar-refractivity contribution in [3.63, 3.8) is 0 Å². The molecule has 13 heavy (non-hydrogen) atoms. The lowest BCUT2D eigenvalue weighted by molar-refractivity contribution is 0.746. The summed E-state index contributed by atoms with van der Waals surface area (Å²) in [5.41, 5.74) is 1.95. The fraction of sp³-hybridized carbons (Fsp3) is 0.429. The Morgan fingerprint density at radius 1 is 1.46 bits per heavy atom. The van der Waals surface area contributed by atoms with Crippen molar-refractivity contribution in [1.82, 2.24) is 25.0 Å². The van der Waals surface area contributed by atoms with E-state index in [2.05, 4.69) is 20.5 Å². The highest BCUT2D eigenvalue weighted by Gasteiger charge is 2.10. The zero-order valence-electron chi connectivity index (χ0n) is 7.35. The smallest absolute Gasteiger partial charge is 0.215 e. The second-order valence-electron chi connectivity index (χ2n) is 2.73. The molecule has 2 aromatic rings.